The molecule has 0 bridgehead atoms. The Morgan fingerprint density at radius 1 is 1.08 bits per heavy atom. The molecule has 4 aliphatic rings. The summed E-state index contributed by atoms with van der Waals surface area (Å²) in [5.41, 5.74) is 2.05. The van der Waals surface area contributed by atoms with E-state index >= 15 is 0 Å². The molecule has 0 spiro atoms. The lowest BCUT2D eigenvalue weighted by Crippen LogP contribution is -2.69. The summed E-state index contributed by atoms with van der Waals surface area (Å²) in [6.45, 7) is 11.0. The Labute approximate surface area is 347 Å². The van der Waals surface area contributed by atoms with Crippen molar-refractivity contribution < 1.29 is 48.5 Å². The van der Waals surface area contributed by atoms with E-state index in [0.717, 1.165) is 49.7 Å². The molecule has 14 nitrogen and oxygen atoms in total. The molecule has 6 rings (SSSR count). The number of nitro groups is 1. The minimum absolute atomic E-state index is 0.00263. The summed E-state index contributed by atoms with van der Waals surface area (Å²) in [5, 5.41) is 36.2. The summed E-state index contributed by atoms with van der Waals surface area (Å²) in [4.78, 5) is 33.0. The van der Waals surface area contributed by atoms with E-state index in [4.69, 9.17) is 33.7 Å². The number of fused-ring (bicyclic) bond motifs is 2. The van der Waals surface area contributed by atoms with E-state index in [2.05, 4.69) is 12.7 Å². The van der Waals surface area contributed by atoms with E-state index in [1.54, 1.807) is 36.2 Å². The zero-order valence-electron chi connectivity index (χ0n) is 34.9. The van der Waals surface area contributed by atoms with Gasteiger partial charge in [-0.25, -0.2) is 4.79 Å². The van der Waals surface area contributed by atoms with Crippen molar-refractivity contribution in [3.8, 4) is 17.2 Å². The number of hydrogen-bond donors (Lipinski definition) is 2. The Kier molecular flexibility index (Phi) is 14.7. The number of carbonyl (C=O) groups is 1. The molecular weight excluding hydrogens is 759 g/mol. The highest BCUT2D eigenvalue weighted by Crippen LogP contribution is 2.62. The Morgan fingerprint density at radius 2 is 1.85 bits per heavy atom. The molecule has 2 heterocycles. The molecule has 2 aliphatic carbocycles. The number of likely N-dealkylation sites (N-methyl/N-ethyl adjacent to an activating group) is 1. The van der Waals surface area contributed by atoms with Crippen molar-refractivity contribution >= 4 is 17.5 Å². The van der Waals surface area contributed by atoms with Gasteiger partial charge in [0.2, 0.25) is 12.1 Å². The summed E-state index contributed by atoms with van der Waals surface area (Å²) in [7, 11) is 1.70. The first-order chi connectivity index (χ1) is 28.4. The standard InChI is InChI=1S/C45H61N3O11/c1-6-23-56-45-39(47(5)43(51)55-29-44(2,3)4)28-37(46-59-40-18-9-12-24-54-40)35-25-30(14-7-10-21-49)34(17-8-11-22-50)41(42(35)45)36-27-33(19-20-38(36)58-45)57-32-16-13-15-31(26-32)48(52)53/h6,13,15-16,19-20,25-27,30,34,39-42,49-50H,1,7-12,14,17-18,21-24,28-29H2,2-5H3/t30-,34+,39-,40?,41+,42+,45+/m0/s1. The number of non-ortho nitro benzene ring substituents is 1. The molecule has 0 aromatic heterocycles. The number of nitro benzene ring substituents is 1. The highest BCUT2D eigenvalue weighted by molar-refractivity contribution is 6.03. The van der Waals surface area contributed by atoms with Gasteiger partial charge in [0.05, 0.1) is 42.4 Å². The van der Waals surface area contributed by atoms with Crippen LogP contribution < -0.4 is 9.47 Å². The number of aliphatic hydroxyl groups excluding tert-OH is 2. The van der Waals surface area contributed by atoms with Gasteiger partial charge in [-0.15, -0.1) is 6.58 Å². The fourth-order valence-electron chi connectivity index (χ4n) is 9.01. The van der Waals surface area contributed by atoms with Crippen LogP contribution in [0.25, 0.3) is 0 Å². The molecule has 322 valence electrons. The first kappa shape index (κ1) is 44.1. The molecule has 2 aromatic rings. The highest BCUT2D eigenvalue weighted by Gasteiger charge is 2.65. The third-order valence-corrected chi connectivity index (χ3v) is 11.7. The zero-order valence-corrected chi connectivity index (χ0v) is 34.9. The number of amides is 1. The van der Waals surface area contributed by atoms with E-state index in [9.17, 15) is 25.1 Å². The van der Waals surface area contributed by atoms with Crippen LogP contribution in [0.5, 0.6) is 17.2 Å². The monoisotopic (exact) mass is 819 g/mol. The molecule has 7 atom stereocenters. The van der Waals surface area contributed by atoms with Crippen LogP contribution in [0.2, 0.25) is 0 Å². The van der Waals surface area contributed by atoms with E-state index in [0.29, 0.717) is 48.8 Å². The van der Waals surface area contributed by atoms with Crippen LogP contribution >= 0.6 is 0 Å². The van der Waals surface area contributed by atoms with Crippen LogP contribution in [0.1, 0.15) is 96.5 Å². The maximum absolute atomic E-state index is 14.1. The topological polar surface area (TPSA) is 172 Å². The predicted octanol–water partition coefficient (Wildman–Crippen LogP) is 8.66. The van der Waals surface area contributed by atoms with Crippen molar-refractivity contribution in [1.82, 2.24) is 4.90 Å². The van der Waals surface area contributed by atoms with Gasteiger partial charge in [0.25, 0.3) is 5.69 Å². The third-order valence-electron chi connectivity index (χ3n) is 11.7. The van der Waals surface area contributed by atoms with Crippen LogP contribution in [-0.4, -0.2) is 90.0 Å². The number of aliphatic hydroxyl groups is 2. The number of carbonyl (C=O) groups excluding carboxylic acids is 1. The number of ether oxygens (including phenoxy) is 5. The molecule has 1 saturated heterocycles. The SMILES string of the molecule is C=CCO[C@@]12Oc3ccc(Oc4cccc([N+](=O)[O-])c4)cc3[C@H]3[C@H](CCCCO)[C@@H](CCCCO)C=C(C(=NOC4CCCCO4)C[C@@H]1N(C)C(=O)OCC(C)(C)C)[C@H]32. The van der Waals surface area contributed by atoms with Crippen LogP contribution in [0.15, 0.2) is 71.9 Å². The molecule has 59 heavy (non-hydrogen) atoms. The maximum Gasteiger partial charge on any atom is 0.410 e. The molecule has 2 aromatic carbocycles. The summed E-state index contributed by atoms with van der Waals surface area (Å²) >= 11 is 0. The molecule has 2 fully saturated rings. The van der Waals surface area contributed by atoms with E-state index in [1.165, 1.54) is 12.1 Å². The third kappa shape index (κ3) is 10.3. The number of oxime groups is 1. The first-order valence-corrected chi connectivity index (χ1v) is 21.1. The number of nitrogens with zero attached hydrogens (tertiary/aromatic N) is 3. The minimum atomic E-state index is -1.44. The molecule has 0 radical (unpaired) electrons. The predicted molar refractivity (Wildman–Crippen MR) is 221 cm³/mol. The number of hydrogen-bond acceptors (Lipinski definition) is 12. The number of benzene rings is 2. The number of unbranched alkanes of at least 4 members (excludes halogenated alkanes) is 2. The quantitative estimate of drug-likeness (QED) is 0.0638. The molecule has 1 saturated carbocycles. The van der Waals surface area contributed by atoms with Gasteiger partial charge in [0, 0.05) is 50.7 Å². The van der Waals surface area contributed by atoms with Gasteiger partial charge >= 0.3 is 6.09 Å². The van der Waals surface area contributed by atoms with Gasteiger partial charge < -0.3 is 43.6 Å². The molecule has 1 unspecified atom stereocenters. The molecular formula is C45H61N3O11. The average Bonchev–Trinajstić information content (AvgIpc) is 3.22. The van der Waals surface area contributed by atoms with Crippen molar-refractivity contribution in [1.29, 1.82) is 0 Å². The second-order valence-corrected chi connectivity index (χ2v) is 17.3. The van der Waals surface area contributed by atoms with Crippen LogP contribution in [0.3, 0.4) is 0 Å². The van der Waals surface area contributed by atoms with Crippen molar-refractivity contribution in [2.24, 2.45) is 28.3 Å². The fraction of sp³-hybridized carbons (Fsp3) is 0.600. The minimum Gasteiger partial charge on any atom is -0.459 e. The Balaban J connectivity index is 1.55. The van der Waals surface area contributed by atoms with E-state index < -0.39 is 35.1 Å². The second kappa shape index (κ2) is 19.7. The lowest BCUT2D eigenvalue weighted by atomic mass is 9.55. The summed E-state index contributed by atoms with van der Waals surface area (Å²) in [5.74, 6) is -0.888. The summed E-state index contributed by atoms with van der Waals surface area (Å²) in [6, 6.07) is 10.9. The second-order valence-electron chi connectivity index (χ2n) is 17.3. The van der Waals surface area contributed by atoms with Gasteiger partial charge in [-0.1, -0.05) is 57.0 Å². The van der Waals surface area contributed by atoms with E-state index in [-0.39, 0.29) is 61.7 Å². The lowest BCUT2D eigenvalue weighted by molar-refractivity contribution is -0.384. The molecule has 1 amide bonds. The van der Waals surface area contributed by atoms with E-state index in [1.807, 2.05) is 32.9 Å². The normalized spacial score (nSPS) is 26.7. The van der Waals surface area contributed by atoms with Crippen LogP contribution in [0, 0.1) is 33.3 Å². The van der Waals surface area contributed by atoms with Crippen molar-refractivity contribution in [3.05, 3.63) is 82.4 Å². The Bertz CT molecular complexity index is 1840. The summed E-state index contributed by atoms with van der Waals surface area (Å²) in [6.07, 6.45) is 10.1. The smallest absolute Gasteiger partial charge is 0.410 e. The van der Waals surface area contributed by atoms with Gasteiger partial charge in [-0.3, -0.25) is 10.1 Å². The maximum atomic E-state index is 14.1. The lowest BCUT2D eigenvalue weighted by Gasteiger charge is -2.59. The van der Waals surface area contributed by atoms with Gasteiger partial charge in [0.1, 0.15) is 23.3 Å². The Morgan fingerprint density at radius 3 is 2.54 bits per heavy atom. The van der Waals surface area contributed by atoms with Crippen LogP contribution in [-0.2, 0) is 19.0 Å². The van der Waals surface area contributed by atoms with Gasteiger partial charge in [0.15, 0.2) is 0 Å². The van der Waals surface area contributed by atoms with Gasteiger partial charge in [-0.05, 0) is 85.6 Å². The zero-order chi connectivity index (χ0) is 42.2. The fourth-order valence-corrected chi connectivity index (χ4v) is 9.01. The molecule has 2 aliphatic heterocycles. The van der Waals surface area contributed by atoms with Crippen molar-refractivity contribution in [2.75, 3.05) is 40.1 Å². The first-order valence-electron chi connectivity index (χ1n) is 21.1. The van der Waals surface area contributed by atoms with Crippen molar-refractivity contribution in [3.63, 3.8) is 0 Å². The molecule has 2 N–H and O–H groups in total. The largest absolute Gasteiger partial charge is 0.459 e. The van der Waals surface area contributed by atoms with Crippen molar-refractivity contribution in [2.45, 2.75) is 109 Å². The molecule has 14 heteroatoms. The van der Waals surface area contributed by atoms with Crippen LogP contribution in [0.4, 0.5) is 10.5 Å². The Hall–Kier alpha value is -4.50. The number of rotatable bonds is 18. The summed E-state index contributed by atoms with van der Waals surface area (Å²) < 4.78 is 32.3. The average molecular weight is 820 g/mol. The number of allylic oxidation sites excluding steroid dienone is 1. The highest BCUT2D eigenvalue weighted by atomic mass is 16.8. The van der Waals surface area contributed by atoms with Gasteiger partial charge in [-0.2, -0.15) is 0 Å².